The molecule has 0 aromatic rings. The Kier molecular flexibility index (Phi) is 3.79. The number of carbonyl (C=O) groups is 1. The largest absolute Gasteiger partial charge is 0.443 e. The average Bonchev–Trinajstić information content (AvgIpc) is 2.58. The first-order valence-electron chi connectivity index (χ1n) is 6.84. The molecule has 3 saturated heterocycles. The van der Waals surface area contributed by atoms with E-state index in [0.29, 0.717) is 12.1 Å². The summed E-state index contributed by atoms with van der Waals surface area (Å²) in [5.74, 6) is 0. The highest BCUT2D eigenvalue weighted by molar-refractivity contribution is 5.85. The number of hydrogen-bond donors (Lipinski definition) is 1. The summed E-state index contributed by atoms with van der Waals surface area (Å²) >= 11 is 0. The van der Waals surface area contributed by atoms with Crippen LogP contribution in [0.1, 0.15) is 46.0 Å². The van der Waals surface area contributed by atoms with Crippen molar-refractivity contribution < 1.29 is 9.53 Å². The van der Waals surface area contributed by atoms with Gasteiger partial charge < -0.3 is 15.0 Å². The van der Waals surface area contributed by atoms with Gasteiger partial charge in [0.05, 0.1) is 0 Å². The average molecular weight is 275 g/mol. The van der Waals surface area contributed by atoms with Crippen LogP contribution in [0.4, 0.5) is 4.79 Å². The van der Waals surface area contributed by atoms with Gasteiger partial charge in [0.15, 0.2) is 0 Å². The first kappa shape index (κ1) is 13.9. The molecule has 2 unspecified atom stereocenters. The molecule has 1 N–H and O–H groups in total. The third kappa shape index (κ3) is 2.32. The number of amides is 1. The Hall–Kier alpha value is -0.480. The molecule has 0 radical (unpaired) electrons. The molecule has 104 valence electrons. The summed E-state index contributed by atoms with van der Waals surface area (Å²) < 4.78 is 5.82. The second-order valence-electron chi connectivity index (χ2n) is 6.13. The molecule has 3 aliphatic heterocycles. The van der Waals surface area contributed by atoms with E-state index in [4.69, 9.17) is 4.74 Å². The summed E-state index contributed by atoms with van der Waals surface area (Å²) in [5, 5.41) is 3.61. The molecule has 3 fully saturated rings. The number of fused-ring (bicyclic) bond motifs is 2. The molecule has 0 aromatic heterocycles. The van der Waals surface area contributed by atoms with Gasteiger partial charge in [-0.05, 0) is 26.7 Å². The van der Waals surface area contributed by atoms with Crippen LogP contribution in [0.25, 0.3) is 0 Å². The second-order valence-corrected chi connectivity index (χ2v) is 6.13. The van der Waals surface area contributed by atoms with Gasteiger partial charge in [0.25, 0.3) is 0 Å². The summed E-state index contributed by atoms with van der Waals surface area (Å²) in [6.07, 6.45) is 5.43. The van der Waals surface area contributed by atoms with E-state index >= 15 is 0 Å². The fourth-order valence-corrected chi connectivity index (χ4v) is 3.67. The zero-order valence-corrected chi connectivity index (χ0v) is 12.0. The minimum atomic E-state index is -0.153. The molecule has 5 heteroatoms. The van der Waals surface area contributed by atoms with Crippen LogP contribution in [0.2, 0.25) is 0 Å². The Bertz CT molecular complexity index is 323. The quantitative estimate of drug-likeness (QED) is 0.798. The van der Waals surface area contributed by atoms with Crippen LogP contribution in [-0.2, 0) is 4.74 Å². The Morgan fingerprint density at radius 1 is 1.33 bits per heavy atom. The van der Waals surface area contributed by atoms with Gasteiger partial charge in [-0.2, -0.15) is 0 Å². The van der Waals surface area contributed by atoms with Crippen LogP contribution in [0.15, 0.2) is 0 Å². The van der Waals surface area contributed by atoms with E-state index in [9.17, 15) is 4.79 Å². The highest BCUT2D eigenvalue weighted by Crippen LogP contribution is 2.41. The minimum Gasteiger partial charge on any atom is -0.443 e. The van der Waals surface area contributed by atoms with E-state index in [-0.39, 0.29) is 30.1 Å². The lowest BCUT2D eigenvalue weighted by Crippen LogP contribution is -2.57. The Labute approximate surface area is 115 Å². The van der Waals surface area contributed by atoms with Gasteiger partial charge in [-0.15, -0.1) is 12.4 Å². The predicted molar refractivity (Wildman–Crippen MR) is 72.1 cm³/mol. The van der Waals surface area contributed by atoms with E-state index in [1.807, 2.05) is 18.7 Å². The van der Waals surface area contributed by atoms with Gasteiger partial charge in [-0.3, -0.25) is 0 Å². The number of halogens is 1. The van der Waals surface area contributed by atoms with Gasteiger partial charge in [-0.1, -0.05) is 0 Å². The van der Waals surface area contributed by atoms with Crippen molar-refractivity contribution in [2.75, 3.05) is 6.54 Å². The van der Waals surface area contributed by atoms with Gasteiger partial charge in [0.1, 0.15) is 5.60 Å². The number of hydrogen-bond acceptors (Lipinski definition) is 3. The lowest BCUT2D eigenvalue weighted by Gasteiger charge is -2.46. The lowest BCUT2D eigenvalue weighted by molar-refractivity contribution is -0.0789. The highest BCUT2D eigenvalue weighted by atomic mass is 35.5. The van der Waals surface area contributed by atoms with Crippen LogP contribution < -0.4 is 5.32 Å². The number of nitrogens with one attached hydrogen (secondary N) is 1. The molecule has 3 heterocycles. The maximum absolute atomic E-state index is 12.0. The van der Waals surface area contributed by atoms with Crippen LogP contribution in [0.5, 0.6) is 0 Å². The predicted octanol–water partition coefficient (Wildman–Crippen LogP) is 2.31. The maximum atomic E-state index is 12.0. The molecular formula is C13H23ClN2O2. The van der Waals surface area contributed by atoms with Crippen molar-refractivity contribution in [3.63, 3.8) is 0 Å². The summed E-state index contributed by atoms with van der Waals surface area (Å²) in [6.45, 7) is 4.95. The maximum Gasteiger partial charge on any atom is 0.410 e. The minimum absolute atomic E-state index is 0. The summed E-state index contributed by atoms with van der Waals surface area (Å²) in [4.78, 5) is 13.9. The van der Waals surface area contributed by atoms with Crippen molar-refractivity contribution >= 4 is 18.5 Å². The van der Waals surface area contributed by atoms with Crippen molar-refractivity contribution in [2.24, 2.45) is 0 Å². The fraction of sp³-hybridized carbons (Fsp3) is 0.923. The molecule has 18 heavy (non-hydrogen) atoms. The van der Waals surface area contributed by atoms with Crippen molar-refractivity contribution in [1.29, 1.82) is 0 Å². The van der Waals surface area contributed by atoms with E-state index in [1.165, 1.54) is 12.8 Å². The molecule has 2 bridgehead atoms. The highest BCUT2D eigenvalue weighted by Gasteiger charge is 2.49. The molecule has 3 aliphatic rings. The van der Waals surface area contributed by atoms with Crippen molar-refractivity contribution in [3.05, 3.63) is 0 Å². The topological polar surface area (TPSA) is 41.6 Å². The summed E-state index contributed by atoms with van der Waals surface area (Å²) in [5.41, 5.74) is -0.153. The first-order valence-corrected chi connectivity index (χ1v) is 6.84. The van der Waals surface area contributed by atoms with Gasteiger partial charge in [0.2, 0.25) is 0 Å². The Morgan fingerprint density at radius 2 is 1.94 bits per heavy atom. The van der Waals surface area contributed by atoms with E-state index < -0.39 is 0 Å². The molecule has 1 spiro atoms. The van der Waals surface area contributed by atoms with Gasteiger partial charge in [0, 0.05) is 43.9 Å². The van der Waals surface area contributed by atoms with Crippen LogP contribution in [0.3, 0.4) is 0 Å². The monoisotopic (exact) mass is 274 g/mol. The standard InChI is InChI=1S/C13H22N2O2.ClH/c1-9(2)15-6-5-13(17-12(15)16)7-10-3-4-11(8-13)14-10;/h9-11,14H,3-8H2,1-2H3;1H. The molecular weight excluding hydrogens is 252 g/mol. The fourth-order valence-electron chi connectivity index (χ4n) is 3.67. The molecule has 4 nitrogen and oxygen atoms in total. The van der Waals surface area contributed by atoms with E-state index in [1.54, 1.807) is 0 Å². The molecule has 2 atom stereocenters. The van der Waals surface area contributed by atoms with Gasteiger partial charge >= 0.3 is 6.09 Å². The third-order valence-electron chi connectivity index (χ3n) is 4.54. The number of piperidine rings is 1. The Balaban J connectivity index is 0.00000120. The van der Waals surface area contributed by atoms with Crippen molar-refractivity contribution in [1.82, 2.24) is 10.2 Å². The zero-order chi connectivity index (χ0) is 12.0. The normalized spacial score (nSPS) is 38.8. The van der Waals surface area contributed by atoms with Gasteiger partial charge in [-0.25, -0.2) is 4.79 Å². The number of rotatable bonds is 1. The van der Waals surface area contributed by atoms with Crippen molar-refractivity contribution in [3.8, 4) is 0 Å². The smallest absolute Gasteiger partial charge is 0.410 e. The van der Waals surface area contributed by atoms with Crippen LogP contribution in [0, 0.1) is 0 Å². The third-order valence-corrected chi connectivity index (χ3v) is 4.54. The molecule has 1 amide bonds. The first-order chi connectivity index (χ1) is 8.08. The molecule has 0 aromatic carbocycles. The zero-order valence-electron chi connectivity index (χ0n) is 11.1. The second kappa shape index (κ2) is 4.89. The van der Waals surface area contributed by atoms with Crippen molar-refractivity contribution in [2.45, 2.75) is 69.7 Å². The lowest BCUT2D eigenvalue weighted by atomic mass is 9.83. The molecule has 3 rings (SSSR count). The molecule has 0 aliphatic carbocycles. The number of nitrogens with zero attached hydrogens (tertiary/aromatic N) is 1. The van der Waals surface area contributed by atoms with Crippen LogP contribution in [-0.4, -0.2) is 41.3 Å². The molecule has 0 saturated carbocycles. The summed E-state index contributed by atoms with van der Waals surface area (Å²) in [6, 6.07) is 1.40. The van der Waals surface area contributed by atoms with E-state index in [0.717, 1.165) is 25.8 Å². The number of ether oxygens (including phenoxy) is 1. The van der Waals surface area contributed by atoms with Crippen LogP contribution >= 0.6 is 12.4 Å². The summed E-state index contributed by atoms with van der Waals surface area (Å²) in [7, 11) is 0. The Morgan fingerprint density at radius 3 is 2.44 bits per heavy atom. The number of carbonyl (C=O) groups excluding carboxylic acids is 1. The SMILES string of the molecule is CC(C)N1CCC2(CC3CCC(C2)N3)OC1=O.Cl. The van der Waals surface area contributed by atoms with E-state index in [2.05, 4.69) is 5.32 Å².